The number of nitrogens with one attached hydrogen (secondary N) is 2. The van der Waals surface area contributed by atoms with Gasteiger partial charge in [0.1, 0.15) is 11.1 Å². The molecule has 132 valence electrons. The van der Waals surface area contributed by atoms with Gasteiger partial charge in [0.25, 0.3) is 11.5 Å². The summed E-state index contributed by atoms with van der Waals surface area (Å²) in [4.78, 5) is 39.5. The van der Waals surface area contributed by atoms with Gasteiger partial charge in [0.2, 0.25) is 0 Å². The molecular formula is C19H22N2O4. The molecule has 1 atom stereocenters. The van der Waals surface area contributed by atoms with Crippen LogP contribution in [0.5, 0.6) is 0 Å². The molecule has 1 heterocycles. The number of hydrogen-bond acceptors (Lipinski definition) is 4. The van der Waals surface area contributed by atoms with Crippen LogP contribution in [-0.2, 0) is 9.53 Å². The summed E-state index contributed by atoms with van der Waals surface area (Å²) >= 11 is 0. The average molecular weight is 342 g/mol. The molecule has 25 heavy (non-hydrogen) atoms. The standard InChI is InChI=1S/C19H22N2O4/c1-4-12-19(2,18(24)25-3)21-17(23)14-10-11-15(20-16(14)22)13-8-6-5-7-9-13/h5-11H,4,12H2,1-3H3,(H,20,22)(H,21,23)/t19-/m1/s1. The van der Waals surface area contributed by atoms with E-state index in [1.54, 1.807) is 13.0 Å². The first-order valence-corrected chi connectivity index (χ1v) is 8.11. The fraction of sp³-hybridized carbons (Fsp3) is 0.316. The van der Waals surface area contributed by atoms with E-state index in [9.17, 15) is 14.4 Å². The average Bonchev–Trinajstić information content (AvgIpc) is 2.61. The summed E-state index contributed by atoms with van der Waals surface area (Å²) in [6.45, 7) is 3.49. The summed E-state index contributed by atoms with van der Waals surface area (Å²) in [5, 5.41) is 2.63. The van der Waals surface area contributed by atoms with E-state index >= 15 is 0 Å². The van der Waals surface area contributed by atoms with Crippen LogP contribution in [0.4, 0.5) is 0 Å². The first kappa shape index (κ1) is 18.4. The third-order valence-corrected chi connectivity index (χ3v) is 4.01. The third-order valence-electron chi connectivity index (χ3n) is 4.01. The second-order valence-electron chi connectivity index (χ2n) is 6.01. The van der Waals surface area contributed by atoms with Gasteiger partial charge in [-0.1, -0.05) is 43.7 Å². The van der Waals surface area contributed by atoms with Crippen LogP contribution in [0.25, 0.3) is 11.3 Å². The van der Waals surface area contributed by atoms with Crippen LogP contribution >= 0.6 is 0 Å². The third kappa shape index (κ3) is 4.15. The Morgan fingerprint density at radius 2 is 1.84 bits per heavy atom. The molecular weight excluding hydrogens is 320 g/mol. The summed E-state index contributed by atoms with van der Waals surface area (Å²) < 4.78 is 4.77. The molecule has 6 heteroatoms. The highest BCUT2D eigenvalue weighted by atomic mass is 16.5. The van der Waals surface area contributed by atoms with Crippen molar-refractivity contribution in [3.63, 3.8) is 0 Å². The lowest BCUT2D eigenvalue weighted by Gasteiger charge is -2.27. The normalized spacial score (nSPS) is 12.9. The van der Waals surface area contributed by atoms with Crippen LogP contribution in [0, 0.1) is 0 Å². The molecule has 0 aliphatic heterocycles. The number of carbonyl (C=O) groups excluding carboxylic acids is 2. The van der Waals surface area contributed by atoms with E-state index < -0.39 is 23.0 Å². The fourth-order valence-electron chi connectivity index (χ4n) is 2.70. The maximum Gasteiger partial charge on any atom is 0.331 e. The SMILES string of the molecule is CCC[C@@](C)(NC(=O)c1ccc(-c2ccccc2)[nH]c1=O)C(=O)OC. The van der Waals surface area contributed by atoms with Crippen molar-refractivity contribution in [1.82, 2.24) is 10.3 Å². The molecule has 0 aliphatic carbocycles. The number of ether oxygens (including phenoxy) is 1. The topological polar surface area (TPSA) is 88.3 Å². The lowest BCUT2D eigenvalue weighted by Crippen LogP contribution is -2.53. The Labute approximate surface area is 146 Å². The van der Waals surface area contributed by atoms with Crippen LogP contribution in [-0.4, -0.2) is 29.5 Å². The van der Waals surface area contributed by atoms with Crippen LogP contribution in [0.1, 0.15) is 37.0 Å². The van der Waals surface area contributed by atoms with E-state index in [1.165, 1.54) is 13.2 Å². The van der Waals surface area contributed by atoms with Crippen LogP contribution in [0.2, 0.25) is 0 Å². The van der Waals surface area contributed by atoms with Crippen LogP contribution in [0.3, 0.4) is 0 Å². The van der Waals surface area contributed by atoms with E-state index in [0.717, 1.165) is 5.56 Å². The molecule has 1 amide bonds. The summed E-state index contributed by atoms with van der Waals surface area (Å²) in [6, 6.07) is 12.5. The molecule has 2 N–H and O–H groups in total. The zero-order valence-corrected chi connectivity index (χ0v) is 14.6. The Morgan fingerprint density at radius 1 is 1.16 bits per heavy atom. The van der Waals surface area contributed by atoms with Gasteiger partial charge >= 0.3 is 5.97 Å². The van der Waals surface area contributed by atoms with Crippen LogP contribution < -0.4 is 10.9 Å². The number of rotatable bonds is 6. The Balaban J connectivity index is 2.28. The van der Waals surface area contributed by atoms with Gasteiger partial charge in [-0.3, -0.25) is 9.59 Å². The number of benzene rings is 1. The van der Waals surface area contributed by atoms with Gasteiger partial charge in [0, 0.05) is 5.69 Å². The number of pyridine rings is 1. The summed E-state index contributed by atoms with van der Waals surface area (Å²) in [5.41, 5.74) is -0.276. The number of carbonyl (C=O) groups is 2. The highest BCUT2D eigenvalue weighted by molar-refractivity contribution is 5.97. The molecule has 0 spiro atoms. The van der Waals surface area contributed by atoms with Gasteiger partial charge in [0.05, 0.1) is 7.11 Å². The number of aromatic amines is 1. The maximum atomic E-state index is 12.5. The Bertz CT molecular complexity index is 814. The van der Waals surface area contributed by atoms with E-state index in [1.807, 2.05) is 37.3 Å². The van der Waals surface area contributed by atoms with Gasteiger partial charge in [-0.25, -0.2) is 4.79 Å². The van der Waals surface area contributed by atoms with Crippen molar-refractivity contribution in [3.05, 3.63) is 58.4 Å². The molecule has 0 saturated carbocycles. The second-order valence-corrected chi connectivity index (χ2v) is 6.01. The first-order chi connectivity index (χ1) is 11.9. The van der Waals surface area contributed by atoms with Crippen LogP contribution in [0.15, 0.2) is 47.3 Å². The predicted molar refractivity (Wildman–Crippen MR) is 95.3 cm³/mol. The van der Waals surface area contributed by atoms with E-state index in [0.29, 0.717) is 18.5 Å². The largest absolute Gasteiger partial charge is 0.467 e. The van der Waals surface area contributed by atoms with Crippen molar-refractivity contribution < 1.29 is 14.3 Å². The van der Waals surface area contributed by atoms with E-state index in [-0.39, 0.29) is 5.56 Å². The zero-order chi connectivity index (χ0) is 18.4. The number of aromatic nitrogens is 1. The molecule has 2 rings (SSSR count). The number of methoxy groups -OCH3 is 1. The molecule has 0 saturated heterocycles. The molecule has 1 aromatic carbocycles. The lowest BCUT2D eigenvalue weighted by molar-refractivity contribution is -0.147. The zero-order valence-electron chi connectivity index (χ0n) is 14.6. The van der Waals surface area contributed by atoms with Crippen molar-refractivity contribution in [3.8, 4) is 11.3 Å². The first-order valence-electron chi connectivity index (χ1n) is 8.11. The highest BCUT2D eigenvalue weighted by Crippen LogP contribution is 2.17. The molecule has 0 radical (unpaired) electrons. The fourth-order valence-corrected chi connectivity index (χ4v) is 2.70. The van der Waals surface area contributed by atoms with Gasteiger partial charge in [0.15, 0.2) is 0 Å². The summed E-state index contributed by atoms with van der Waals surface area (Å²) in [6.07, 6.45) is 1.08. The van der Waals surface area contributed by atoms with Crippen molar-refractivity contribution >= 4 is 11.9 Å². The van der Waals surface area contributed by atoms with Gasteiger partial charge in [-0.15, -0.1) is 0 Å². The van der Waals surface area contributed by atoms with Crippen molar-refractivity contribution in [2.75, 3.05) is 7.11 Å². The maximum absolute atomic E-state index is 12.5. The second kappa shape index (κ2) is 7.79. The Kier molecular flexibility index (Phi) is 5.75. The molecule has 2 aromatic rings. The number of hydrogen-bond donors (Lipinski definition) is 2. The predicted octanol–water partition coefficient (Wildman–Crippen LogP) is 2.50. The van der Waals surface area contributed by atoms with E-state index in [2.05, 4.69) is 10.3 Å². The van der Waals surface area contributed by atoms with Crippen molar-refractivity contribution in [1.29, 1.82) is 0 Å². The molecule has 0 fully saturated rings. The van der Waals surface area contributed by atoms with E-state index in [4.69, 9.17) is 4.74 Å². The number of H-pyrrole nitrogens is 1. The smallest absolute Gasteiger partial charge is 0.331 e. The summed E-state index contributed by atoms with van der Waals surface area (Å²) in [7, 11) is 1.27. The molecule has 0 bridgehead atoms. The minimum absolute atomic E-state index is 0.0501. The van der Waals surface area contributed by atoms with Gasteiger partial charge in [-0.2, -0.15) is 0 Å². The van der Waals surface area contributed by atoms with Crippen molar-refractivity contribution in [2.45, 2.75) is 32.2 Å². The number of esters is 1. The highest BCUT2D eigenvalue weighted by Gasteiger charge is 2.35. The lowest BCUT2D eigenvalue weighted by atomic mass is 9.95. The number of amides is 1. The van der Waals surface area contributed by atoms with Gasteiger partial charge in [-0.05, 0) is 31.0 Å². The summed E-state index contributed by atoms with van der Waals surface area (Å²) in [5.74, 6) is -1.15. The van der Waals surface area contributed by atoms with Gasteiger partial charge < -0.3 is 15.0 Å². The molecule has 0 unspecified atom stereocenters. The minimum Gasteiger partial charge on any atom is -0.467 e. The minimum atomic E-state index is -1.18. The van der Waals surface area contributed by atoms with Crippen molar-refractivity contribution in [2.24, 2.45) is 0 Å². The molecule has 6 nitrogen and oxygen atoms in total. The molecule has 0 aliphatic rings. The quantitative estimate of drug-likeness (QED) is 0.790. The monoisotopic (exact) mass is 342 g/mol. The molecule has 1 aromatic heterocycles. The Hall–Kier alpha value is -2.89. The Morgan fingerprint density at radius 3 is 2.40 bits per heavy atom.